The maximum absolute atomic E-state index is 10.7. The van der Waals surface area contributed by atoms with Gasteiger partial charge in [0.15, 0.2) is 11.2 Å². The van der Waals surface area contributed by atoms with Crippen molar-refractivity contribution >= 4 is 22.4 Å². The van der Waals surface area contributed by atoms with E-state index in [1.807, 2.05) is 19.0 Å². The van der Waals surface area contributed by atoms with Crippen molar-refractivity contribution in [2.45, 2.75) is 12.5 Å². The summed E-state index contributed by atoms with van der Waals surface area (Å²) in [6.07, 6.45) is 1.26. The molecule has 1 atom stereocenters. The lowest BCUT2D eigenvalue weighted by molar-refractivity contribution is -0.148. The first-order chi connectivity index (χ1) is 7.04. The third-order valence-corrected chi connectivity index (χ3v) is 3.06. The highest BCUT2D eigenvalue weighted by atomic mass is 32.1. The molecule has 1 rings (SSSR count). The van der Waals surface area contributed by atoms with Crippen LogP contribution in [0.5, 0.6) is 0 Å². The molecule has 0 aliphatic carbocycles. The Kier molecular flexibility index (Phi) is 4.05. The molecular formula is C9H14N2O3S. The average Bonchev–Trinajstić information content (AvgIpc) is 2.61. The van der Waals surface area contributed by atoms with Gasteiger partial charge in [0, 0.05) is 38.7 Å². The van der Waals surface area contributed by atoms with Crippen LogP contribution in [0.1, 0.15) is 4.88 Å². The van der Waals surface area contributed by atoms with E-state index in [9.17, 15) is 4.79 Å². The van der Waals surface area contributed by atoms with E-state index in [1.54, 1.807) is 6.20 Å². The molecule has 0 aliphatic rings. The summed E-state index contributed by atoms with van der Waals surface area (Å²) in [6.45, 7) is 0. The molecule has 0 amide bonds. The summed E-state index contributed by atoms with van der Waals surface area (Å²) < 4.78 is 4.85. The van der Waals surface area contributed by atoms with Gasteiger partial charge in [-0.05, 0) is 0 Å². The number of carboxylic acid groups (broad SMARTS) is 1. The van der Waals surface area contributed by atoms with E-state index in [-0.39, 0.29) is 0 Å². The molecule has 0 aliphatic heterocycles. The zero-order valence-corrected chi connectivity index (χ0v) is 9.74. The van der Waals surface area contributed by atoms with E-state index < -0.39 is 12.1 Å². The van der Waals surface area contributed by atoms with E-state index >= 15 is 0 Å². The Balaban J connectivity index is 2.67. The number of thiazole rings is 1. The third kappa shape index (κ3) is 3.17. The molecule has 15 heavy (non-hydrogen) atoms. The largest absolute Gasteiger partial charge is 0.479 e. The zero-order chi connectivity index (χ0) is 11.4. The maximum atomic E-state index is 10.7. The normalized spacial score (nSPS) is 12.5. The van der Waals surface area contributed by atoms with E-state index in [0.29, 0.717) is 6.42 Å². The number of rotatable bonds is 5. The minimum Gasteiger partial charge on any atom is -0.479 e. The van der Waals surface area contributed by atoms with E-state index in [2.05, 4.69) is 4.98 Å². The SMILES string of the molecule is COC(Cc1cnc(N(C)C)s1)C(=O)O. The van der Waals surface area contributed by atoms with Crippen molar-refractivity contribution < 1.29 is 14.6 Å². The molecule has 0 spiro atoms. The van der Waals surface area contributed by atoms with Crippen LogP contribution in [0.25, 0.3) is 0 Å². The van der Waals surface area contributed by atoms with Crippen molar-refractivity contribution in [3.63, 3.8) is 0 Å². The fourth-order valence-corrected chi connectivity index (χ4v) is 1.92. The van der Waals surface area contributed by atoms with Crippen molar-refractivity contribution in [1.29, 1.82) is 0 Å². The van der Waals surface area contributed by atoms with Crippen LogP contribution in [-0.4, -0.2) is 43.4 Å². The molecule has 0 bridgehead atoms. The van der Waals surface area contributed by atoms with Gasteiger partial charge < -0.3 is 14.7 Å². The molecule has 1 N–H and O–H groups in total. The van der Waals surface area contributed by atoms with Crippen LogP contribution in [0.4, 0.5) is 5.13 Å². The number of methoxy groups -OCH3 is 1. The second-order valence-corrected chi connectivity index (χ2v) is 4.36. The number of carbonyl (C=O) groups is 1. The molecule has 0 saturated heterocycles. The molecule has 5 nitrogen and oxygen atoms in total. The van der Waals surface area contributed by atoms with Crippen LogP contribution in [0.3, 0.4) is 0 Å². The Morgan fingerprint density at radius 2 is 2.40 bits per heavy atom. The van der Waals surface area contributed by atoms with Crippen molar-refractivity contribution in [2.24, 2.45) is 0 Å². The van der Waals surface area contributed by atoms with Gasteiger partial charge in [0.2, 0.25) is 0 Å². The summed E-state index contributed by atoms with van der Waals surface area (Å²) in [5.41, 5.74) is 0. The summed E-state index contributed by atoms with van der Waals surface area (Å²) in [6, 6.07) is 0. The lowest BCUT2D eigenvalue weighted by atomic mass is 10.2. The lowest BCUT2D eigenvalue weighted by Crippen LogP contribution is -2.24. The topological polar surface area (TPSA) is 62.7 Å². The molecule has 84 valence electrons. The molecule has 1 unspecified atom stereocenters. The van der Waals surface area contributed by atoms with Gasteiger partial charge in [0.25, 0.3) is 0 Å². The standard InChI is InChI=1S/C9H14N2O3S/c1-11(2)9-10-5-6(15-9)4-7(14-3)8(12)13/h5,7H,4H2,1-3H3,(H,12,13). The fraction of sp³-hybridized carbons (Fsp3) is 0.556. The summed E-state index contributed by atoms with van der Waals surface area (Å²) in [5, 5.41) is 9.67. The second-order valence-electron chi connectivity index (χ2n) is 3.27. The number of anilines is 1. The summed E-state index contributed by atoms with van der Waals surface area (Å²) in [7, 11) is 5.19. The number of carboxylic acids is 1. The van der Waals surface area contributed by atoms with Crippen LogP contribution >= 0.6 is 11.3 Å². The first-order valence-electron chi connectivity index (χ1n) is 4.42. The molecule has 0 aromatic carbocycles. The van der Waals surface area contributed by atoms with Crippen molar-refractivity contribution in [3.05, 3.63) is 11.1 Å². The summed E-state index contributed by atoms with van der Waals surface area (Å²) in [4.78, 5) is 17.7. The molecule has 1 aromatic rings. The number of aliphatic carboxylic acids is 1. The number of aromatic nitrogens is 1. The number of nitrogens with zero attached hydrogens (tertiary/aromatic N) is 2. The maximum Gasteiger partial charge on any atom is 0.333 e. The molecule has 0 radical (unpaired) electrons. The summed E-state index contributed by atoms with van der Waals surface area (Å²) >= 11 is 1.47. The average molecular weight is 230 g/mol. The van der Waals surface area contributed by atoms with Crippen molar-refractivity contribution in [1.82, 2.24) is 4.98 Å². The minimum atomic E-state index is -0.947. The van der Waals surface area contributed by atoms with Crippen LogP contribution in [-0.2, 0) is 16.0 Å². The van der Waals surface area contributed by atoms with Crippen molar-refractivity contribution in [3.8, 4) is 0 Å². The Morgan fingerprint density at radius 1 is 1.73 bits per heavy atom. The smallest absolute Gasteiger partial charge is 0.333 e. The third-order valence-electron chi connectivity index (χ3n) is 1.87. The Bertz CT molecular complexity index is 338. The second kappa shape index (κ2) is 5.09. The van der Waals surface area contributed by atoms with E-state index in [1.165, 1.54) is 18.4 Å². The fourth-order valence-electron chi connectivity index (χ4n) is 1.05. The number of ether oxygens (including phenoxy) is 1. The number of hydrogen-bond donors (Lipinski definition) is 1. The van der Waals surface area contributed by atoms with Gasteiger partial charge in [-0.1, -0.05) is 0 Å². The van der Waals surface area contributed by atoms with Gasteiger partial charge in [-0.25, -0.2) is 9.78 Å². The van der Waals surface area contributed by atoms with Crippen LogP contribution < -0.4 is 4.90 Å². The summed E-state index contributed by atoms with van der Waals surface area (Å²) in [5.74, 6) is -0.947. The van der Waals surface area contributed by atoms with Crippen LogP contribution in [0, 0.1) is 0 Å². The molecule has 0 saturated carbocycles. The molecule has 0 fully saturated rings. The molecule has 1 aromatic heterocycles. The van der Waals surface area contributed by atoms with Crippen molar-refractivity contribution in [2.75, 3.05) is 26.1 Å². The van der Waals surface area contributed by atoms with Gasteiger partial charge in [0.1, 0.15) is 0 Å². The first kappa shape index (κ1) is 11.9. The molecule has 6 heteroatoms. The number of hydrogen-bond acceptors (Lipinski definition) is 5. The van der Waals surface area contributed by atoms with Crippen LogP contribution in [0.2, 0.25) is 0 Å². The zero-order valence-electron chi connectivity index (χ0n) is 8.93. The molecular weight excluding hydrogens is 216 g/mol. The highest BCUT2D eigenvalue weighted by Gasteiger charge is 2.18. The predicted molar refractivity (Wildman–Crippen MR) is 58.6 cm³/mol. The predicted octanol–water partition coefficient (Wildman–Crippen LogP) is 0.851. The Hall–Kier alpha value is -1.14. The van der Waals surface area contributed by atoms with E-state index in [0.717, 1.165) is 10.0 Å². The first-order valence-corrected chi connectivity index (χ1v) is 5.24. The van der Waals surface area contributed by atoms with Crippen LogP contribution in [0.15, 0.2) is 6.20 Å². The van der Waals surface area contributed by atoms with Gasteiger partial charge in [0.05, 0.1) is 0 Å². The molecule has 1 heterocycles. The minimum absolute atomic E-state index is 0.358. The lowest BCUT2D eigenvalue weighted by Gasteiger charge is -2.08. The van der Waals surface area contributed by atoms with E-state index in [4.69, 9.17) is 9.84 Å². The Labute approximate surface area is 92.3 Å². The van der Waals surface area contributed by atoms with Gasteiger partial charge in [-0.15, -0.1) is 11.3 Å². The monoisotopic (exact) mass is 230 g/mol. The quantitative estimate of drug-likeness (QED) is 0.812. The highest BCUT2D eigenvalue weighted by Crippen LogP contribution is 2.21. The van der Waals surface area contributed by atoms with Gasteiger partial charge in [-0.2, -0.15) is 0 Å². The van der Waals surface area contributed by atoms with Gasteiger partial charge in [-0.3, -0.25) is 0 Å². The highest BCUT2D eigenvalue weighted by molar-refractivity contribution is 7.15. The van der Waals surface area contributed by atoms with Gasteiger partial charge >= 0.3 is 5.97 Å². The Morgan fingerprint density at radius 3 is 2.80 bits per heavy atom.